The predicted octanol–water partition coefficient (Wildman–Crippen LogP) is -3.55. The molecule has 0 heterocycles. The molecule has 130 valence electrons. The maximum atomic E-state index is 8.94. The molecular formula is C13H28ClO7-. The summed E-state index contributed by atoms with van der Waals surface area (Å²) in [5.74, 6) is 0. The maximum absolute atomic E-state index is 8.94. The Hall–Kier alpha value is 0.01000. The summed E-state index contributed by atoms with van der Waals surface area (Å²) >= 11 is 0. The summed E-state index contributed by atoms with van der Waals surface area (Å²) < 4.78 is 26.0. The monoisotopic (exact) mass is 331 g/mol. The summed E-state index contributed by atoms with van der Waals surface area (Å²) in [6.45, 7) is 6.40. The van der Waals surface area contributed by atoms with Gasteiger partial charge in [-0.3, -0.25) is 0 Å². The van der Waals surface area contributed by atoms with Crippen LogP contribution in [-0.2, 0) is 23.7 Å². The molecule has 0 amide bonds. The quantitative estimate of drug-likeness (QED) is 0.283. The number of hydrogen-bond donors (Lipinski definition) is 2. The van der Waals surface area contributed by atoms with Crippen LogP contribution in [0, 0.1) is 0 Å². The maximum Gasteiger partial charge on any atom is 0.0745 e. The molecule has 0 radical (unpaired) electrons. The van der Waals surface area contributed by atoms with Gasteiger partial charge in [0.05, 0.1) is 78.8 Å². The standard InChI is InChI=1S/C13H28O7.ClH/c1-13(15)12-20-11-10-19-9-8-18-7-6-17-5-4-16-3-2-14;/h13-15H,2-12H2,1H3;1H/p-1. The molecule has 0 aromatic rings. The first-order valence-electron chi connectivity index (χ1n) is 6.95. The molecule has 0 saturated carbocycles. The molecule has 1 unspecified atom stereocenters. The summed E-state index contributed by atoms with van der Waals surface area (Å²) in [5.41, 5.74) is 0. The van der Waals surface area contributed by atoms with Gasteiger partial charge in [-0.15, -0.1) is 0 Å². The first-order chi connectivity index (χ1) is 9.77. The highest BCUT2D eigenvalue weighted by Crippen LogP contribution is 1.85. The number of aliphatic hydroxyl groups is 2. The molecule has 0 aromatic carbocycles. The molecule has 0 saturated heterocycles. The highest BCUT2D eigenvalue weighted by Gasteiger charge is 1.95. The third-order valence-electron chi connectivity index (χ3n) is 2.08. The van der Waals surface area contributed by atoms with Gasteiger partial charge in [-0.1, -0.05) is 0 Å². The van der Waals surface area contributed by atoms with Crippen LogP contribution in [0.25, 0.3) is 0 Å². The van der Waals surface area contributed by atoms with Gasteiger partial charge in [-0.05, 0) is 6.92 Å². The first kappa shape index (κ1) is 23.3. The van der Waals surface area contributed by atoms with E-state index in [0.29, 0.717) is 66.1 Å². The Morgan fingerprint density at radius 1 is 0.667 bits per heavy atom. The summed E-state index contributed by atoms with van der Waals surface area (Å²) in [6, 6.07) is 0. The van der Waals surface area contributed by atoms with E-state index in [1.54, 1.807) is 6.92 Å². The van der Waals surface area contributed by atoms with E-state index in [-0.39, 0.29) is 19.0 Å². The Morgan fingerprint density at radius 3 is 1.33 bits per heavy atom. The second kappa shape index (κ2) is 20.0. The van der Waals surface area contributed by atoms with Gasteiger partial charge >= 0.3 is 0 Å². The van der Waals surface area contributed by atoms with Gasteiger partial charge in [-0.25, -0.2) is 0 Å². The van der Waals surface area contributed by atoms with Crippen LogP contribution in [0.1, 0.15) is 6.92 Å². The minimum atomic E-state index is -0.438. The predicted molar refractivity (Wildman–Crippen MR) is 72.9 cm³/mol. The van der Waals surface area contributed by atoms with Gasteiger partial charge in [0.25, 0.3) is 0 Å². The molecule has 0 rings (SSSR count). The van der Waals surface area contributed by atoms with Crippen LogP contribution < -0.4 is 12.4 Å². The van der Waals surface area contributed by atoms with Crippen molar-refractivity contribution in [3.05, 3.63) is 0 Å². The lowest BCUT2D eigenvalue weighted by Gasteiger charge is -2.08. The van der Waals surface area contributed by atoms with Crippen LogP contribution in [0.2, 0.25) is 0 Å². The van der Waals surface area contributed by atoms with E-state index in [2.05, 4.69) is 0 Å². The SMILES string of the molecule is CC(O)COCCOCCOCCOCCOCCO.[Cl-]. The third kappa shape index (κ3) is 22.4. The zero-order valence-electron chi connectivity index (χ0n) is 12.7. The van der Waals surface area contributed by atoms with Crippen molar-refractivity contribution in [2.24, 2.45) is 0 Å². The largest absolute Gasteiger partial charge is 1.00 e. The molecule has 0 spiro atoms. The molecule has 0 aliphatic rings. The summed E-state index contributed by atoms with van der Waals surface area (Å²) in [6.07, 6.45) is -0.438. The van der Waals surface area contributed by atoms with E-state index < -0.39 is 6.10 Å². The number of rotatable bonds is 16. The molecule has 8 heteroatoms. The molecule has 1 atom stereocenters. The second-order valence-corrected chi connectivity index (χ2v) is 4.10. The fourth-order valence-electron chi connectivity index (χ4n) is 1.20. The van der Waals surface area contributed by atoms with E-state index in [9.17, 15) is 0 Å². The van der Waals surface area contributed by atoms with Crippen LogP contribution in [0.4, 0.5) is 0 Å². The Bertz CT molecular complexity index is 184. The van der Waals surface area contributed by atoms with Crippen molar-refractivity contribution >= 4 is 0 Å². The van der Waals surface area contributed by atoms with Crippen molar-refractivity contribution in [2.45, 2.75) is 13.0 Å². The number of aliphatic hydroxyl groups excluding tert-OH is 2. The summed E-state index contributed by atoms with van der Waals surface area (Å²) in [7, 11) is 0. The fraction of sp³-hybridized carbons (Fsp3) is 1.00. The normalized spacial score (nSPS) is 12.1. The van der Waals surface area contributed by atoms with Gasteiger partial charge in [0, 0.05) is 0 Å². The second-order valence-electron chi connectivity index (χ2n) is 4.10. The smallest absolute Gasteiger partial charge is 0.0745 e. The van der Waals surface area contributed by atoms with Gasteiger partial charge in [0.2, 0.25) is 0 Å². The highest BCUT2D eigenvalue weighted by atomic mass is 35.5. The topological polar surface area (TPSA) is 86.6 Å². The fourth-order valence-corrected chi connectivity index (χ4v) is 1.20. The average Bonchev–Trinajstić information content (AvgIpc) is 2.43. The summed E-state index contributed by atoms with van der Waals surface area (Å²) in [5, 5.41) is 17.4. The Balaban J connectivity index is 0. The number of hydrogen-bond acceptors (Lipinski definition) is 7. The van der Waals surface area contributed by atoms with E-state index in [4.69, 9.17) is 33.9 Å². The van der Waals surface area contributed by atoms with Crippen LogP contribution in [0.3, 0.4) is 0 Å². The van der Waals surface area contributed by atoms with Gasteiger partial charge in [0.1, 0.15) is 0 Å². The van der Waals surface area contributed by atoms with E-state index in [0.717, 1.165) is 0 Å². The van der Waals surface area contributed by atoms with Crippen LogP contribution >= 0.6 is 0 Å². The van der Waals surface area contributed by atoms with Gasteiger partial charge in [-0.2, -0.15) is 0 Å². The molecule has 0 aromatic heterocycles. The van der Waals surface area contributed by atoms with Crippen molar-refractivity contribution in [3.8, 4) is 0 Å². The van der Waals surface area contributed by atoms with Crippen molar-refractivity contribution in [1.29, 1.82) is 0 Å². The minimum Gasteiger partial charge on any atom is -1.00 e. The van der Waals surface area contributed by atoms with Crippen LogP contribution in [0.5, 0.6) is 0 Å². The number of ether oxygens (including phenoxy) is 5. The van der Waals surface area contributed by atoms with Crippen LogP contribution in [0.15, 0.2) is 0 Å². The zero-order valence-corrected chi connectivity index (χ0v) is 13.4. The van der Waals surface area contributed by atoms with Crippen LogP contribution in [-0.4, -0.2) is 89.0 Å². The Kier molecular flexibility index (Phi) is 22.2. The lowest BCUT2D eigenvalue weighted by molar-refractivity contribution is -0.0202. The molecule has 0 fully saturated rings. The van der Waals surface area contributed by atoms with Crippen molar-refractivity contribution < 1.29 is 46.3 Å². The van der Waals surface area contributed by atoms with Crippen molar-refractivity contribution in [1.82, 2.24) is 0 Å². The Labute approximate surface area is 132 Å². The number of halogens is 1. The lowest BCUT2D eigenvalue weighted by Crippen LogP contribution is -3.00. The first-order valence-corrected chi connectivity index (χ1v) is 6.95. The highest BCUT2D eigenvalue weighted by molar-refractivity contribution is 4.41. The Morgan fingerprint density at radius 2 is 1.00 bits per heavy atom. The molecule has 0 aliphatic heterocycles. The molecule has 7 nitrogen and oxygen atoms in total. The average molecular weight is 332 g/mol. The molecule has 2 N–H and O–H groups in total. The van der Waals surface area contributed by atoms with E-state index in [1.165, 1.54) is 0 Å². The third-order valence-corrected chi connectivity index (χ3v) is 2.08. The molecule has 21 heavy (non-hydrogen) atoms. The molecule has 0 bridgehead atoms. The van der Waals surface area contributed by atoms with E-state index in [1.807, 2.05) is 0 Å². The van der Waals surface area contributed by atoms with Gasteiger partial charge in [0.15, 0.2) is 0 Å². The molecular weight excluding hydrogens is 304 g/mol. The lowest BCUT2D eigenvalue weighted by atomic mass is 10.4. The van der Waals surface area contributed by atoms with Gasteiger partial charge < -0.3 is 46.3 Å². The summed E-state index contributed by atoms with van der Waals surface area (Å²) in [4.78, 5) is 0. The van der Waals surface area contributed by atoms with Crippen molar-refractivity contribution in [2.75, 3.05) is 72.7 Å². The minimum absolute atomic E-state index is 0. The zero-order chi connectivity index (χ0) is 14.9. The molecule has 0 aliphatic carbocycles. The van der Waals surface area contributed by atoms with E-state index >= 15 is 0 Å². The van der Waals surface area contributed by atoms with Crippen molar-refractivity contribution in [3.63, 3.8) is 0 Å².